The highest BCUT2D eigenvalue weighted by Gasteiger charge is 2.30. The first-order chi connectivity index (χ1) is 20.0. The van der Waals surface area contributed by atoms with Crippen LogP contribution in [0.3, 0.4) is 0 Å². The Morgan fingerprint density at radius 2 is 1.40 bits per heavy atom. The lowest BCUT2D eigenvalue weighted by atomic mass is 10.0. The number of aliphatic hydroxyl groups excluding tert-OH is 1. The molecule has 0 radical (unpaired) electrons. The summed E-state index contributed by atoms with van der Waals surface area (Å²) < 4.78 is 15.2. The summed E-state index contributed by atoms with van der Waals surface area (Å²) >= 11 is 0. The van der Waals surface area contributed by atoms with Gasteiger partial charge in [0.1, 0.15) is 17.5 Å². The Hall–Kier alpha value is -4.32. The molecule has 0 heterocycles. The lowest BCUT2D eigenvalue weighted by Gasteiger charge is -2.26. The van der Waals surface area contributed by atoms with Crippen molar-refractivity contribution in [3.63, 3.8) is 0 Å². The second kappa shape index (κ2) is 16.8. The number of carbonyl (C=O) groups excluding carboxylic acids is 4. The van der Waals surface area contributed by atoms with Gasteiger partial charge in [0.15, 0.2) is 6.10 Å². The fraction of sp³-hybridized carbons (Fsp3) is 0.467. The van der Waals surface area contributed by atoms with Gasteiger partial charge in [0.2, 0.25) is 5.91 Å². The van der Waals surface area contributed by atoms with Gasteiger partial charge in [-0.05, 0) is 54.2 Å². The Morgan fingerprint density at radius 3 is 1.93 bits per heavy atom. The lowest BCUT2D eigenvalue weighted by molar-refractivity contribution is -0.132. The normalized spacial score (nSPS) is 12.9. The molecular weight excluding hydrogens is 544 g/mol. The molecule has 230 valence electrons. The fourth-order valence-electron chi connectivity index (χ4n) is 4.10. The highest BCUT2D eigenvalue weighted by Crippen LogP contribution is 2.22. The summed E-state index contributed by atoms with van der Waals surface area (Å²) in [5.74, 6) is -0.449. The van der Waals surface area contributed by atoms with Crippen molar-refractivity contribution in [1.29, 1.82) is 0 Å². The third kappa shape index (κ3) is 10.6. The SMILES string of the molecule is CCC(NC(=O)C(CC(C)C)NC(=O)NCc1ccc(C(=O)OC)cc1)C(O)C(=O)NCc1cc(OC)cc(OC)c1. The van der Waals surface area contributed by atoms with Crippen LogP contribution in [0.1, 0.15) is 55.1 Å². The number of nitrogens with one attached hydrogen (secondary N) is 4. The van der Waals surface area contributed by atoms with E-state index < -0.39 is 42.0 Å². The predicted octanol–water partition coefficient (Wildman–Crippen LogP) is 2.28. The first-order valence-electron chi connectivity index (χ1n) is 13.7. The molecule has 0 aromatic heterocycles. The van der Waals surface area contributed by atoms with Crippen molar-refractivity contribution in [1.82, 2.24) is 21.3 Å². The largest absolute Gasteiger partial charge is 0.497 e. The number of amides is 4. The summed E-state index contributed by atoms with van der Waals surface area (Å²) in [7, 11) is 4.34. The number of methoxy groups -OCH3 is 3. The first kappa shape index (κ1) is 33.9. The van der Waals surface area contributed by atoms with Gasteiger partial charge in [-0.15, -0.1) is 0 Å². The Bertz CT molecular complexity index is 1180. The zero-order chi connectivity index (χ0) is 31.2. The minimum absolute atomic E-state index is 0.0695. The second-order valence-corrected chi connectivity index (χ2v) is 10.1. The number of benzene rings is 2. The van der Waals surface area contributed by atoms with E-state index in [0.717, 1.165) is 5.56 Å². The van der Waals surface area contributed by atoms with Crippen LogP contribution in [0.15, 0.2) is 42.5 Å². The predicted molar refractivity (Wildman–Crippen MR) is 156 cm³/mol. The molecule has 4 amide bonds. The molecule has 0 aliphatic heterocycles. The summed E-state index contributed by atoms with van der Waals surface area (Å²) in [5.41, 5.74) is 1.84. The number of rotatable bonds is 15. The van der Waals surface area contributed by atoms with E-state index in [1.165, 1.54) is 21.3 Å². The Morgan fingerprint density at radius 1 is 0.810 bits per heavy atom. The van der Waals surface area contributed by atoms with Crippen molar-refractivity contribution in [2.75, 3.05) is 21.3 Å². The number of carbonyl (C=O) groups is 4. The monoisotopic (exact) mass is 586 g/mol. The van der Waals surface area contributed by atoms with Gasteiger partial charge in [-0.3, -0.25) is 9.59 Å². The zero-order valence-electron chi connectivity index (χ0n) is 25.0. The summed E-state index contributed by atoms with van der Waals surface area (Å²) in [6, 6.07) is 9.39. The molecule has 12 heteroatoms. The third-order valence-electron chi connectivity index (χ3n) is 6.45. The third-order valence-corrected chi connectivity index (χ3v) is 6.45. The van der Waals surface area contributed by atoms with Crippen LogP contribution >= 0.6 is 0 Å². The van der Waals surface area contributed by atoms with Crippen molar-refractivity contribution in [3.05, 3.63) is 59.2 Å². The maximum atomic E-state index is 13.2. The summed E-state index contributed by atoms with van der Waals surface area (Å²) in [6.07, 6.45) is -0.910. The van der Waals surface area contributed by atoms with Gasteiger partial charge < -0.3 is 40.6 Å². The fourth-order valence-corrected chi connectivity index (χ4v) is 4.10. The molecule has 2 aromatic carbocycles. The van der Waals surface area contributed by atoms with Crippen molar-refractivity contribution in [2.45, 2.75) is 64.9 Å². The number of urea groups is 1. The molecule has 0 fully saturated rings. The van der Waals surface area contributed by atoms with E-state index in [0.29, 0.717) is 29.0 Å². The number of ether oxygens (including phenoxy) is 3. The number of hydrogen-bond donors (Lipinski definition) is 5. The number of aliphatic hydroxyl groups is 1. The van der Waals surface area contributed by atoms with Crippen LogP contribution in [0.4, 0.5) is 4.79 Å². The Balaban J connectivity index is 1.97. The molecule has 0 spiro atoms. The molecular formula is C30H42N4O8. The number of esters is 1. The van der Waals surface area contributed by atoms with Gasteiger partial charge in [0.05, 0.1) is 32.9 Å². The molecule has 12 nitrogen and oxygen atoms in total. The summed E-state index contributed by atoms with van der Waals surface area (Å²) in [6.45, 7) is 5.83. The van der Waals surface area contributed by atoms with Gasteiger partial charge in [0.25, 0.3) is 5.91 Å². The molecule has 2 aromatic rings. The van der Waals surface area contributed by atoms with E-state index in [2.05, 4.69) is 26.0 Å². The highest BCUT2D eigenvalue weighted by molar-refractivity contribution is 5.89. The molecule has 0 bridgehead atoms. The van der Waals surface area contributed by atoms with Crippen molar-refractivity contribution in [3.8, 4) is 11.5 Å². The molecule has 0 saturated carbocycles. The van der Waals surface area contributed by atoms with Crippen molar-refractivity contribution < 1.29 is 38.5 Å². The van der Waals surface area contributed by atoms with Gasteiger partial charge in [-0.25, -0.2) is 9.59 Å². The van der Waals surface area contributed by atoms with E-state index >= 15 is 0 Å². The van der Waals surface area contributed by atoms with Crippen LogP contribution in [0.5, 0.6) is 11.5 Å². The van der Waals surface area contributed by atoms with E-state index in [9.17, 15) is 24.3 Å². The minimum Gasteiger partial charge on any atom is -0.497 e. The van der Waals surface area contributed by atoms with E-state index in [4.69, 9.17) is 9.47 Å². The molecule has 3 unspecified atom stereocenters. The zero-order valence-corrected chi connectivity index (χ0v) is 25.0. The van der Waals surface area contributed by atoms with E-state index in [-0.39, 0.29) is 25.4 Å². The van der Waals surface area contributed by atoms with Crippen LogP contribution in [-0.4, -0.2) is 68.4 Å². The molecule has 0 aliphatic rings. The van der Waals surface area contributed by atoms with E-state index in [1.807, 2.05) is 13.8 Å². The Kier molecular flexibility index (Phi) is 13.6. The first-order valence-corrected chi connectivity index (χ1v) is 13.7. The Labute approximate surface area is 246 Å². The van der Waals surface area contributed by atoms with Gasteiger partial charge in [-0.1, -0.05) is 32.9 Å². The summed E-state index contributed by atoms with van der Waals surface area (Å²) in [4.78, 5) is 50.1. The molecule has 0 saturated heterocycles. The summed E-state index contributed by atoms with van der Waals surface area (Å²) in [5, 5.41) is 21.5. The van der Waals surface area contributed by atoms with Crippen LogP contribution in [0, 0.1) is 5.92 Å². The van der Waals surface area contributed by atoms with Crippen LogP contribution in [0.25, 0.3) is 0 Å². The smallest absolute Gasteiger partial charge is 0.337 e. The second-order valence-electron chi connectivity index (χ2n) is 10.1. The molecule has 42 heavy (non-hydrogen) atoms. The minimum atomic E-state index is -1.52. The maximum absolute atomic E-state index is 13.2. The average molecular weight is 587 g/mol. The average Bonchev–Trinajstić information content (AvgIpc) is 2.99. The topological polar surface area (TPSA) is 164 Å². The molecule has 5 N–H and O–H groups in total. The van der Waals surface area contributed by atoms with Crippen molar-refractivity contribution >= 4 is 23.8 Å². The van der Waals surface area contributed by atoms with Gasteiger partial charge >= 0.3 is 12.0 Å². The molecule has 0 aliphatic carbocycles. The lowest BCUT2D eigenvalue weighted by Crippen LogP contribution is -2.56. The quantitative estimate of drug-likeness (QED) is 0.198. The van der Waals surface area contributed by atoms with Gasteiger partial charge in [0, 0.05) is 19.2 Å². The maximum Gasteiger partial charge on any atom is 0.337 e. The van der Waals surface area contributed by atoms with Crippen LogP contribution < -0.4 is 30.7 Å². The standard InChI is InChI=1S/C30H42N4O8/c1-7-24(26(35)28(37)31-17-20-13-22(40-4)15-23(14-20)41-5)33-27(36)25(12-18(2)3)34-30(39)32-16-19-8-10-21(11-9-19)29(38)42-6/h8-11,13-15,18,24-26,35H,7,12,16-17H2,1-6H3,(H,31,37)(H,33,36)(H2,32,34,39). The van der Waals surface area contributed by atoms with Crippen molar-refractivity contribution in [2.24, 2.45) is 5.92 Å². The van der Waals surface area contributed by atoms with Crippen LogP contribution in [-0.2, 0) is 27.4 Å². The molecule has 2 rings (SSSR count). The number of hydrogen-bond acceptors (Lipinski definition) is 8. The highest BCUT2D eigenvalue weighted by atomic mass is 16.5. The van der Waals surface area contributed by atoms with E-state index in [1.54, 1.807) is 49.4 Å². The van der Waals surface area contributed by atoms with Gasteiger partial charge in [-0.2, -0.15) is 0 Å². The van der Waals surface area contributed by atoms with Crippen LogP contribution in [0.2, 0.25) is 0 Å². The molecule has 3 atom stereocenters.